The molecular formula is C16H25NO2. The fraction of sp³-hybridized carbons (Fsp3) is 0.562. The van der Waals surface area contributed by atoms with Crippen LogP contribution in [0.2, 0.25) is 0 Å². The van der Waals surface area contributed by atoms with Gasteiger partial charge in [-0.15, -0.1) is 0 Å². The number of rotatable bonds is 6. The number of carbonyl (C=O) groups excluding carboxylic acids is 1. The minimum Gasteiger partial charge on any atom is -0.507 e. The largest absolute Gasteiger partial charge is 0.507 e. The van der Waals surface area contributed by atoms with Gasteiger partial charge in [0, 0.05) is 12.6 Å². The van der Waals surface area contributed by atoms with Crippen molar-refractivity contribution < 1.29 is 9.90 Å². The molecule has 0 bridgehead atoms. The molecule has 106 valence electrons. The molecule has 1 aromatic rings. The highest BCUT2D eigenvalue weighted by molar-refractivity contribution is 5.97. The SMILES string of the molecule is CCCCN(C(=O)c1cccc(C)c1O)C(C)CC. The van der Waals surface area contributed by atoms with Crippen molar-refractivity contribution in [2.45, 2.75) is 53.0 Å². The van der Waals surface area contributed by atoms with Crippen LogP contribution in [0, 0.1) is 6.92 Å². The van der Waals surface area contributed by atoms with E-state index < -0.39 is 0 Å². The molecule has 0 aliphatic heterocycles. The molecule has 0 saturated heterocycles. The van der Waals surface area contributed by atoms with E-state index in [1.54, 1.807) is 6.07 Å². The van der Waals surface area contributed by atoms with Gasteiger partial charge in [-0.05, 0) is 38.3 Å². The molecule has 0 radical (unpaired) electrons. The van der Waals surface area contributed by atoms with E-state index in [2.05, 4.69) is 20.8 Å². The first-order valence-electron chi connectivity index (χ1n) is 7.12. The molecule has 1 aromatic carbocycles. The molecular weight excluding hydrogens is 238 g/mol. The van der Waals surface area contributed by atoms with Crippen molar-refractivity contribution in [3.8, 4) is 5.75 Å². The molecule has 1 atom stereocenters. The molecule has 1 unspecified atom stereocenters. The molecule has 0 spiro atoms. The lowest BCUT2D eigenvalue weighted by Crippen LogP contribution is -2.39. The van der Waals surface area contributed by atoms with Gasteiger partial charge in [0.05, 0.1) is 5.56 Å². The van der Waals surface area contributed by atoms with Crippen molar-refractivity contribution in [2.24, 2.45) is 0 Å². The highest BCUT2D eigenvalue weighted by Gasteiger charge is 2.22. The first-order chi connectivity index (χ1) is 9.02. The maximum atomic E-state index is 12.6. The van der Waals surface area contributed by atoms with Gasteiger partial charge in [0.25, 0.3) is 5.91 Å². The number of nitrogens with zero attached hydrogens (tertiary/aromatic N) is 1. The Labute approximate surface area is 116 Å². The number of hydrogen-bond donors (Lipinski definition) is 1. The number of aromatic hydroxyl groups is 1. The lowest BCUT2D eigenvalue weighted by atomic mass is 10.1. The van der Waals surface area contributed by atoms with Crippen LogP contribution in [0.3, 0.4) is 0 Å². The summed E-state index contributed by atoms with van der Waals surface area (Å²) in [6.45, 7) is 8.81. The Morgan fingerprint density at radius 3 is 2.63 bits per heavy atom. The number of aryl methyl sites for hydroxylation is 1. The molecule has 0 aliphatic carbocycles. The monoisotopic (exact) mass is 263 g/mol. The maximum absolute atomic E-state index is 12.6. The molecule has 1 amide bonds. The number of para-hydroxylation sites is 1. The molecule has 3 heteroatoms. The molecule has 0 aliphatic rings. The zero-order valence-corrected chi connectivity index (χ0v) is 12.4. The Morgan fingerprint density at radius 1 is 1.37 bits per heavy atom. The summed E-state index contributed by atoms with van der Waals surface area (Å²) in [7, 11) is 0. The Balaban J connectivity index is 3.01. The smallest absolute Gasteiger partial charge is 0.257 e. The predicted octanol–water partition coefficient (Wildman–Crippen LogP) is 3.74. The zero-order valence-electron chi connectivity index (χ0n) is 12.4. The predicted molar refractivity (Wildman–Crippen MR) is 78.5 cm³/mol. The van der Waals surface area contributed by atoms with Gasteiger partial charge in [-0.3, -0.25) is 4.79 Å². The van der Waals surface area contributed by atoms with E-state index in [-0.39, 0.29) is 17.7 Å². The van der Waals surface area contributed by atoms with Crippen LogP contribution >= 0.6 is 0 Å². The van der Waals surface area contributed by atoms with Crippen molar-refractivity contribution in [3.63, 3.8) is 0 Å². The third-order valence-corrected chi connectivity index (χ3v) is 3.60. The first-order valence-corrected chi connectivity index (χ1v) is 7.12. The Kier molecular flexibility index (Phi) is 5.87. The number of carbonyl (C=O) groups is 1. The van der Waals surface area contributed by atoms with Crippen molar-refractivity contribution >= 4 is 5.91 Å². The van der Waals surface area contributed by atoms with Crippen molar-refractivity contribution in [1.29, 1.82) is 0 Å². The fourth-order valence-corrected chi connectivity index (χ4v) is 2.06. The topological polar surface area (TPSA) is 40.5 Å². The summed E-state index contributed by atoms with van der Waals surface area (Å²) in [6.07, 6.45) is 2.96. The van der Waals surface area contributed by atoms with Gasteiger partial charge < -0.3 is 10.0 Å². The van der Waals surface area contributed by atoms with Crippen LogP contribution in [0.15, 0.2) is 18.2 Å². The van der Waals surface area contributed by atoms with E-state index in [1.807, 2.05) is 24.0 Å². The van der Waals surface area contributed by atoms with Gasteiger partial charge >= 0.3 is 0 Å². The van der Waals surface area contributed by atoms with Gasteiger partial charge in [-0.25, -0.2) is 0 Å². The summed E-state index contributed by atoms with van der Waals surface area (Å²) >= 11 is 0. The second kappa shape index (κ2) is 7.17. The quantitative estimate of drug-likeness (QED) is 0.849. The third kappa shape index (κ3) is 3.72. The summed E-state index contributed by atoms with van der Waals surface area (Å²) in [4.78, 5) is 14.5. The van der Waals surface area contributed by atoms with Crippen molar-refractivity contribution in [3.05, 3.63) is 29.3 Å². The number of phenols is 1. The number of hydrogen-bond acceptors (Lipinski definition) is 2. The summed E-state index contributed by atoms with van der Waals surface area (Å²) in [6, 6.07) is 5.52. The molecule has 19 heavy (non-hydrogen) atoms. The number of unbranched alkanes of at least 4 members (excludes halogenated alkanes) is 1. The van der Waals surface area contributed by atoms with Crippen LogP contribution in [0.4, 0.5) is 0 Å². The minimum atomic E-state index is -0.0657. The lowest BCUT2D eigenvalue weighted by Gasteiger charge is -2.29. The first kappa shape index (κ1) is 15.5. The number of phenolic OH excluding ortho intramolecular Hbond substituents is 1. The van der Waals surface area contributed by atoms with Gasteiger partial charge in [0.2, 0.25) is 0 Å². The van der Waals surface area contributed by atoms with Gasteiger partial charge in [0.1, 0.15) is 5.75 Å². The lowest BCUT2D eigenvalue weighted by molar-refractivity contribution is 0.0682. The van der Waals surface area contributed by atoms with Crippen LogP contribution in [-0.4, -0.2) is 28.5 Å². The molecule has 0 heterocycles. The fourth-order valence-electron chi connectivity index (χ4n) is 2.06. The Bertz CT molecular complexity index is 429. The number of benzene rings is 1. The highest BCUT2D eigenvalue weighted by Crippen LogP contribution is 2.24. The van der Waals surface area contributed by atoms with E-state index in [4.69, 9.17) is 0 Å². The van der Waals surface area contributed by atoms with E-state index in [0.29, 0.717) is 5.56 Å². The van der Waals surface area contributed by atoms with Crippen LogP contribution in [-0.2, 0) is 0 Å². The van der Waals surface area contributed by atoms with E-state index >= 15 is 0 Å². The van der Waals surface area contributed by atoms with Gasteiger partial charge in [-0.2, -0.15) is 0 Å². The highest BCUT2D eigenvalue weighted by atomic mass is 16.3. The maximum Gasteiger partial charge on any atom is 0.257 e. The molecule has 0 saturated carbocycles. The van der Waals surface area contributed by atoms with Crippen LogP contribution in [0.25, 0.3) is 0 Å². The Hall–Kier alpha value is -1.51. The van der Waals surface area contributed by atoms with E-state index in [0.717, 1.165) is 31.4 Å². The zero-order chi connectivity index (χ0) is 14.4. The molecule has 1 N–H and O–H groups in total. The molecule has 0 fully saturated rings. The van der Waals surface area contributed by atoms with Gasteiger partial charge in [-0.1, -0.05) is 32.4 Å². The summed E-state index contributed by atoms with van der Waals surface area (Å²) < 4.78 is 0. The second-order valence-electron chi connectivity index (χ2n) is 5.08. The standard InChI is InChI=1S/C16H25NO2/c1-5-7-11-17(13(4)6-2)16(19)14-10-8-9-12(3)15(14)18/h8-10,13,18H,5-7,11H2,1-4H3. The van der Waals surface area contributed by atoms with Gasteiger partial charge in [0.15, 0.2) is 0 Å². The molecule has 1 rings (SSSR count). The Morgan fingerprint density at radius 2 is 2.05 bits per heavy atom. The molecule has 0 aromatic heterocycles. The van der Waals surface area contributed by atoms with Crippen molar-refractivity contribution in [1.82, 2.24) is 4.90 Å². The average molecular weight is 263 g/mol. The summed E-state index contributed by atoms with van der Waals surface area (Å²) in [5.41, 5.74) is 1.15. The minimum absolute atomic E-state index is 0.0657. The van der Waals surface area contributed by atoms with Crippen LogP contribution in [0.5, 0.6) is 5.75 Å². The van der Waals surface area contributed by atoms with E-state index in [9.17, 15) is 9.90 Å². The van der Waals surface area contributed by atoms with E-state index in [1.165, 1.54) is 0 Å². The molecule has 3 nitrogen and oxygen atoms in total. The number of amides is 1. The van der Waals surface area contributed by atoms with Crippen LogP contribution < -0.4 is 0 Å². The summed E-state index contributed by atoms with van der Waals surface area (Å²) in [5, 5.41) is 10.0. The third-order valence-electron chi connectivity index (χ3n) is 3.60. The normalized spacial score (nSPS) is 12.2. The van der Waals surface area contributed by atoms with Crippen molar-refractivity contribution in [2.75, 3.05) is 6.54 Å². The van der Waals surface area contributed by atoms with Crippen LogP contribution in [0.1, 0.15) is 56.0 Å². The summed E-state index contributed by atoms with van der Waals surface area (Å²) in [5.74, 6) is 0.0429. The average Bonchev–Trinajstić information content (AvgIpc) is 2.41. The second-order valence-corrected chi connectivity index (χ2v) is 5.08.